The number of likely N-dealkylation sites (tertiary alicyclic amines) is 1. The van der Waals surface area contributed by atoms with E-state index in [1.807, 2.05) is 25.2 Å². The quantitative estimate of drug-likeness (QED) is 0.816. The van der Waals surface area contributed by atoms with Gasteiger partial charge in [0.05, 0.1) is 0 Å². The van der Waals surface area contributed by atoms with E-state index in [4.69, 9.17) is 0 Å². The van der Waals surface area contributed by atoms with Gasteiger partial charge in [-0.05, 0) is 37.6 Å². The number of nitrogens with zero attached hydrogens (tertiary/aromatic N) is 2. The Bertz CT molecular complexity index is 353. The Morgan fingerprint density at radius 3 is 2.94 bits per heavy atom. The first-order chi connectivity index (χ1) is 8.31. The van der Waals surface area contributed by atoms with Crippen LogP contribution in [0.15, 0.2) is 18.2 Å². The summed E-state index contributed by atoms with van der Waals surface area (Å²) in [6.07, 6.45) is 1.30. The van der Waals surface area contributed by atoms with Gasteiger partial charge in [-0.3, -0.25) is 0 Å². The molecule has 4 heteroatoms. The molecule has 0 bridgehead atoms. The van der Waals surface area contributed by atoms with Crippen LogP contribution >= 0.6 is 0 Å². The molecule has 1 fully saturated rings. The highest BCUT2D eigenvalue weighted by Gasteiger charge is 2.20. The highest BCUT2D eigenvalue weighted by molar-refractivity contribution is 5.44. The third-order valence-corrected chi connectivity index (χ3v) is 3.39. The van der Waals surface area contributed by atoms with Gasteiger partial charge in [0.1, 0.15) is 11.6 Å². The van der Waals surface area contributed by atoms with Gasteiger partial charge in [0, 0.05) is 20.1 Å². The molecular formula is C13H22N4. The van der Waals surface area contributed by atoms with Gasteiger partial charge >= 0.3 is 0 Å². The Balaban J connectivity index is 1.81. The largest absolute Gasteiger partial charge is 0.373 e. The second kappa shape index (κ2) is 5.87. The standard InChI is InChI=1S/C13H22N4/c1-3-17-8-7-11(10-17)9-15-13-6-4-5-12(14-2)16-13/h4-6,11H,3,7-10H2,1-2H3,(H2,14,15,16). The van der Waals surface area contributed by atoms with Gasteiger partial charge in [-0.1, -0.05) is 13.0 Å². The Labute approximate surface area is 103 Å². The lowest BCUT2D eigenvalue weighted by atomic mass is 10.1. The van der Waals surface area contributed by atoms with Crippen molar-refractivity contribution in [1.82, 2.24) is 9.88 Å². The average Bonchev–Trinajstić information content (AvgIpc) is 2.84. The van der Waals surface area contributed by atoms with Crippen LogP contribution in [-0.2, 0) is 0 Å². The van der Waals surface area contributed by atoms with E-state index >= 15 is 0 Å². The lowest BCUT2D eigenvalue weighted by Crippen LogP contribution is -2.22. The lowest BCUT2D eigenvalue weighted by Gasteiger charge is -2.14. The summed E-state index contributed by atoms with van der Waals surface area (Å²) < 4.78 is 0. The van der Waals surface area contributed by atoms with Crippen molar-refractivity contribution in [2.45, 2.75) is 13.3 Å². The van der Waals surface area contributed by atoms with Gasteiger partial charge in [0.15, 0.2) is 0 Å². The van der Waals surface area contributed by atoms with Crippen LogP contribution in [0.5, 0.6) is 0 Å². The normalized spacial score (nSPS) is 20.5. The van der Waals surface area contributed by atoms with E-state index < -0.39 is 0 Å². The summed E-state index contributed by atoms with van der Waals surface area (Å²) in [5, 5.41) is 6.48. The molecule has 1 aliphatic rings. The number of hydrogen-bond acceptors (Lipinski definition) is 4. The summed E-state index contributed by atoms with van der Waals surface area (Å²) in [6.45, 7) is 6.89. The molecule has 0 radical (unpaired) electrons. The molecule has 0 aliphatic carbocycles. The van der Waals surface area contributed by atoms with E-state index in [2.05, 4.69) is 27.4 Å². The van der Waals surface area contributed by atoms with Crippen molar-refractivity contribution in [2.24, 2.45) is 5.92 Å². The molecule has 17 heavy (non-hydrogen) atoms. The number of aromatic nitrogens is 1. The fraction of sp³-hybridized carbons (Fsp3) is 0.615. The second-order valence-corrected chi connectivity index (χ2v) is 4.59. The summed E-state index contributed by atoms with van der Waals surface area (Å²) >= 11 is 0. The van der Waals surface area contributed by atoms with E-state index in [9.17, 15) is 0 Å². The van der Waals surface area contributed by atoms with Crippen molar-refractivity contribution in [3.8, 4) is 0 Å². The monoisotopic (exact) mass is 234 g/mol. The minimum atomic E-state index is 0.759. The number of nitrogens with one attached hydrogen (secondary N) is 2. The number of anilines is 2. The molecule has 2 rings (SSSR count). The van der Waals surface area contributed by atoms with Crippen molar-refractivity contribution < 1.29 is 0 Å². The van der Waals surface area contributed by atoms with E-state index in [-0.39, 0.29) is 0 Å². The maximum atomic E-state index is 4.46. The molecule has 0 saturated carbocycles. The first-order valence-electron chi connectivity index (χ1n) is 6.43. The maximum Gasteiger partial charge on any atom is 0.128 e. The predicted octanol–water partition coefficient (Wildman–Crippen LogP) is 1.88. The lowest BCUT2D eigenvalue weighted by molar-refractivity contribution is 0.345. The molecular weight excluding hydrogens is 212 g/mol. The van der Waals surface area contributed by atoms with E-state index in [0.29, 0.717) is 0 Å². The van der Waals surface area contributed by atoms with E-state index in [1.54, 1.807) is 0 Å². The molecule has 0 amide bonds. The first-order valence-corrected chi connectivity index (χ1v) is 6.43. The zero-order valence-corrected chi connectivity index (χ0v) is 10.7. The third-order valence-electron chi connectivity index (χ3n) is 3.39. The number of rotatable bonds is 5. The topological polar surface area (TPSA) is 40.2 Å². The highest BCUT2D eigenvalue weighted by Crippen LogP contribution is 2.16. The van der Waals surface area contributed by atoms with Gasteiger partial charge in [0.2, 0.25) is 0 Å². The molecule has 1 saturated heterocycles. The fourth-order valence-corrected chi connectivity index (χ4v) is 2.29. The van der Waals surface area contributed by atoms with Crippen LogP contribution in [0.1, 0.15) is 13.3 Å². The highest BCUT2D eigenvalue weighted by atomic mass is 15.1. The summed E-state index contributed by atoms with van der Waals surface area (Å²) in [5.41, 5.74) is 0. The Morgan fingerprint density at radius 2 is 2.24 bits per heavy atom. The zero-order valence-electron chi connectivity index (χ0n) is 10.7. The SMILES string of the molecule is CCN1CCC(CNc2cccc(NC)n2)C1. The van der Waals surface area contributed by atoms with Crippen LogP contribution in [0, 0.1) is 5.92 Å². The molecule has 0 aromatic carbocycles. The van der Waals surface area contributed by atoms with Crippen molar-refractivity contribution in [1.29, 1.82) is 0 Å². The maximum absolute atomic E-state index is 4.46. The van der Waals surface area contributed by atoms with Crippen LogP contribution < -0.4 is 10.6 Å². The Kier molecular flexibility index (Phi) is 4.20. The molecule has 1 aromatic rings. The van der Waals surface area contributed by atoms with Crippen molar-refractivity contribution in [3.05, 3.63) is 18.2 Å². The number of pyridine rings is 1. The average molecular weight is 234 g/mol. The minimum Gasteiger partial charge on any atom is -0.373 e. The van der Waals surface area contributed by atoms with Gasteiger partial charge in [-0.15, -0.1) is 0 Å². The van der Waals surface area contributed by atoms with Crippen LogP contribution in [0.4, 0.5) is 11.6 Å². The van der Waals surface area contributed by atoms with E-state index in [0.717, 1.165) is 24.1 Å². The van der Waals surface area contributed by atoms with Crippen molar-refractivity contribution in [2.75, 3.05) is 43.9 Å². The van der Waals surface area contributed by atoms with Crippen molar-refractivity contribution >= 4 is 11.6 Å². The van der Waals surface area contributed by atoms with Gasteiger partial charge in [-0.2, -0.15) is 0 Å². The molecule has 94 valence electrons. The van der Waals surface area contributed by atoms with Gasteiger partial charge < -0.3 is 15.5 Å². The van der Waals surface area contributed by atoms with Crippen molar-refractivity contribution in [3.63, 3.8) is 0 Å². The summed E-state index contributed by atoms with van der Waals surface area (Å²) in [4.78, 5) is 6.96. The molecule has 4 nitrogen and oxygen atoms in total. The fourth-order valence-electron chi connectivity index (χ4n) is 2.29. The van der Waals surface area contributed by atoms with Crippen LogP contribution in [0.2, 0.25) is 0 Å². The molecule has 2 heterocycles. The van der Waals surface area contributed by atoms with Crippen LogP contribution in [0.25, 0.3) is 0 Å². The molecule has 0 spiro atoms. The Morgan fingerprint density at radius 1 is 1.41 bits per heavy atom. The van der Waals surface area contributed by atoms with Crippen LogP contribution in [-0.4, -0.2) is 43.1 Å². The second-order valence-electron chi connectivity index (χ2n) is 4.59. The smallest absolute Gasteiger partial charge is 0.128 e. The van der Waals surface area contributed by atoms with Gasteiger partial charge in [-0.25, -0.2) is 4.98 Å². The summed E-state index contributed by atoms with van der Waals surface area (Å²) in [5.74, 6) is 2.64. The van der Waals surface area contributed by atoms with Crippen LogP contribution in [0.3, 0.4) is 0 Å². The molecule has 1 aromatic heterocycles. The zero-order chi connectivity index (χ0) is 12.1. The Hall–Kier alpha value is -1.29. The molecule has 1 unspecified atom stereocenters. The summed E-state index contributed by atoms with van der Waals surface area (Å²) in [6, 6.07) is 6.01. The van der Waals surface area contributed by atoms with E-state index in [1.165, 1.54) is 26.1 Å². The number of hydrogen-bond donors (Lipinski definition) is 2. The molecule has 1 aliphatic heterocycles. The first kappa shape index (κ1) is 12.2. The third kappa shape index (κ3) is 3.33. The molecule has 2 N–H and O–H groups in total. The minimum absolute atomic E-state index is 0.759. The van der Waals surface area contributed by atoms with Gasteiger partial charge in [0.25, 0.3) is 0 Å². The summed E-state index contributed by atoms with van der Waals surface area (Å²) in [7, 11) is 1.89. The predicted molar refractivity (Wildman–Crippen MR) is 72.5 cm³/mol. The molecule has 1 atom stereocenters.